The highest BCUT2D eigenvalue weighted by Gasteiger charge is 2.21. The Labute approximate surface area is 195 Å². The Balaban J connectivity index is 1.59. The zero-order valence-corrected chi connectivity index (χ0v) is 20.0. The summed E-state index contributed by atoms with van der Waals surface area (Å²) in [5, 5.41) is 0.730. The molecule has 4 rings (SSSR count). The zero-order chi connectivity index (χ0) is 21.8. The number of benzene rings is 3. The smallest absolute Gasteiger partial charge is 0.260 e. The Hall–Kier alpha value is -2.54. The molecule has 4 aromatic rings. The first kappa shape index (κ1) is 21.7. The number of hydrogen-bond acceptors (Lipinski definition) is 4. The number of thiazole rings is 1. The van der Waals surface area contributed by atoms with E-state index in [1.807, 2.05) is 74.8 Å². The molecule has 0 saturated heterocycles. The highest BCUT2D eigenvalue weighted by atomic mass is 79.9. The minimum atomic E-state index is -0.0220. The molecule has 0 radical (unpaired) electrons. The molecule has 3 aromatic carbocycles. The lowest BCUT2D eigenvalue weighted by molar-refractivity contribution is 0.0985. The maximum atomic E-state index is 13.4. The van der Waals surface area contributed by atoms with Crippen molar-refractivity contribution in [1.29, 1.82) is 0 Å². The van der Waals surface area contributed by atoms with Crippen LogP contribution in [0.5, 0.6) is 0 Å². The summed E-state index contributed by atoms with van der Waals surface area (Å²) in [4.78, 5) is 22.0. The van der Waals surface area contributed by atoms with Gasteiger partial charge in [0, 0.05) is 23.1 Å². The molecule has 1 amide bonds. The van der Waals surface area contributed by atoms with Crippen molar-refractivity contribution in [2.45, 2.75) is 6.42 Å². The van der Waals surface area contributed by atoms with Crippen LogP contribution in [0.15, 0.2) is 77.3 Å². The minimum absolute atomic E-state index is 0.0220. The van der Waals surface area contributed by atoms with Gasteiger partial charge in [0.2, 0.25) is 0 Å². The number of hydrogen-bond donors (Lipinski definition) is 0. The van der Waals surface area contributed by atoms with Crippen LogP contribution in [0.1, 0.15) is 21.5 Å². The average Bonchev–Trinajstić information content (AvgIpc) is 3.17. The Bertz CT molecular complexity index is 1170. The molecule has 0 spiro atoms. The maximum Gasteiger partial charge on any atom is 0.260 e. The molecule has 1 heterocycles. The number of halogens is 1. The van der Waals surface area contributed by atoms with Crippen LogP contribution in [0.25, 0.3) is 10.2 Å². The largest absolute Gasteiger partial charge is 0.308 e. The van der Waals surface area contributed by atoms with Crippen LogP contribution >= 0.6 is 27.3 Å². The monoisotopic (exact) mass is 493 g/mol. The predicted molar refractivity (Wildman–Crippen MR) is 133 cm³/mol. The van der Waals surface area contributed by atoms with Crippen LogP contribution in [-0.4, -0.2) is 43.0 Å². The SMILES string of the molecule is CN(C)CCN(C(=O)c1ccc(Cc2ccccc2)cc1)c1nc2ccc(Br)cc2s1. The van der Waals surface area contributed by atoms with E-state index in [9.17, 15) is 4.79 Å². The van der Waals surface area contributed by atoms with E-state index in [0.717, 1.165) is 32.8 Å². The molecule has 6 heteroatoms. The van der Waals surface area contributed by atoms with Crippen LogP contribution in [0.3, 0.4) is 0 Å². The molecule has 0 unspecified atom stereocenters. The molecule has 0 bridgehead atoms. The summed E-state index contributed by atoms with van der Waals surface area (Å²) >= 11 is 5.06. The van der Waals surface area contributed by atoms with E-state index in [4.69, 9.17) is 4.98 Å². The molecule has 31 heavy (non-hydrogen) atoms. The standard InChI is InChI=1S/C25H24BrN3OS/c1-28(2)14-15-29(25-27-22-13-12-21(26)17-23(22)31-25)24(30)20-10-8-19(9-11-20)16-18-6-4-3-5-7-18/h3-13,17H,14-16H2,1-2H3. The maximum absolute atomic E-state index is 13.4. The highest BCUT2D eigenvalue weighted by Crippen LogP contribution is 2.31. The fraction of sp³-hybridized carbons (Fsp3) is 0.200. The third-order valence-electron chi connectivity index (χ3n) is 5.04. The van der Waals surface area contributed by atoms with E-state index in [-0.39, 0.29) is 5.91 Å². The van der Waals surface area contributed by atoms with E-state index in [1.165, 1.54) is 11.1 Å². The molecule has 0 atom stereocenters. The highest BCUT2D eigenvalue weighted by molar-refractivity contribution is 9.10. The van der Waals surface area contributed by atoms with Gasteiger partial charge < -0.3 is 4.90 Å². The van der Waals surface area contributed by atoms with Crippen LogP contribution < -0.4 is 4.90 Å². The van der Waals surface area contributed by atoms with Gasteiger partial charge in [-0.15, -0.1) is 0 Å². The van der Waals surface area contributed by atoms with Crippen LogP contribution in [0, 0.1) is 0 Å². The topological polar surface area (TPSA) is 36.4 Å². The van der Waals surface area contributed by atoms with E-state index in [2.05, 4.69) is 33.0 Å². The second-order valence-electron chi connectivity index (χ2n) is 7.73. The Kier molecular flexibility index (Phi) is 6.80. The van der Waals surface area contributed by atoms with Crippen molar-refractivity contribution < 1.29 is 4.79 Å². The lowest BCUT2D eigenvalue weighted by Gasteiger charge is -2.22. The summed E-state index contributed by atoms with van der Waals surface area (Å²) in [6.07, 6.45) is 0.854. The number of carbonyl (C=O) groups is 1. The summed E-state index contributed by atoms with van der Waals surface area (Å²) in [7, 11) is 4.02. The number of fused-ring (bicyclic) bond motifs is 1. The van der Waals surface area contributed by atoms with Crippen LogP contribution in [0.2, 0.25) is 0 Å². The van der Waals surface area contributed by atoms with E-state index in [0.29, 0.717) is 12.1 Å². The molecular formula is C25H24BrN3OS. The van der Waals surface area contributed by atoms with E-state index in [1.54, 1.807) is 16.2 Å². The number of likely N-dealkylation sites (N-methyl/N-ethyl adjacent to an activating group) is 1. The summed E-state index contributed by atoms with van der Waals surface area (Å²) in [6, 6.07) is 24.3. The molecule has 0 saturated carbocycles. The summed E-state index contributed by atoms with van der Waals surface area (Å²) in [5.41, 5.74) is 4.03. The number of aromatic nitrogens is 1. The fourth-order valence-electron chi connectivity index (χ4n) is 3.34. The Morgan fingerprint density at radius 3 is 2.35 bits per heavy atom. The van der Waals surface area contributed by atoms with Gasteiger partial charge in [0.15, 0.2) is 5.13 Å². The molecule has 158 valence electrons. The molecule has 0 aliphatic carbocycles. The Morgan fingerprint density at radius 1 is 0.935 bits per heavy atom. The van der Waals surface area contributed by atoms with Gasteiger partial charge in [0.25, 0.3) is 5.91 Å². The zero-order valence-electron chi connectivity index (χ0n) is 17.6. The average molecular weight is 494 g/mol. The number of carbonyl (C=O) groups excluding carboxylic acids is 1. The lowest BCUT2D eigenvalue weighted by atomic mass is 10.0. The lowest BCUT2D eigenvalue weighted by Crippen LogP contribution is -2.36. The normalized spacial score (nSPS) is 11.2. The Morgan fingerprint density at radius 2 is 1.65 bits per heavy atom. The van der Waals surface area contributed by atoms with E-state index >= 15 is 0 Å². The summed E-state index contributed by atoms with van der Waals surface area (Å²) in [5.74, 6) is -0.0220. The van der Waals surface area contributed by atoms with Gasteiger partial charge in [-0.05, 0) is 62.0 Å². The van der Waals surface area contributed by atoms with Gasteiger partial charge in [-0.3, -0.25) is 9.69 Å². The van der Waals surface area contributed by atoms with Gasteiger partial charge in [-0.2, -0.15) is 0 Å². The second kappa shape index (κ2) is 9.73. The van der Waals surface area contributed by atoms with Crippen molar-refractivity contribution in [3.8, 4) is 0 Å². The fourth-order valence-corrected chi connectivity index (χ4v) is 4.88. The van der Waals surface area contributed by atoms with Gasteiger partial charge in [-0.1, -0.05) is 69.7 Å². The number of rotatable bonds is 7. The summed E-state index contributed by atoms with van der Waals surface area (Å²) in [6.45, 7) is 1.34. The van der Waals surface area contributed by atoms with Crippen molar-refractivity contribution in [3.63, 3.8) is 0 Å². The van der Waals surface area contributed by atoms with Crippen LogP contribution in [-0.2, 0) is 6.42 Å². The molecule has 4 nitrogen and oxygen atoms in total. The van der Waals surface area contributed by atoms with Crippen molar-refractivity contribution in [2.75, 3.05) is 32.1 Å². The van der Waals surface area contributed by atoms with Crippen molar-refractivity contribution in [2.24, 2.45) is 0 Å². The van der Waals surface area contributed by atoms with Gasteiger partial charge in [0.05, 0.1) is 10.2 Å². The second-order valence-corrected chi connectivity index (χ2v) is 9.65. The predicted octanol–water partition coefficient (Wildman–Crippen LogP) is 5.86. The van der Waals surface area contributed by atoms with Crippen molar-refractivity contribution >= 4 is 48.5 Å². The quantitative estimate of drug-likeness (QED) is 0.323. The third kappa shape index (κ3) is 5.39. The van der Waals surface area contributed by atoms with Crippen molar-refractivity contribution in [1.82, 2.24) is 9.88 Å². The molecule has 0 N–H and O–H groups in total. The van der Waals surface area contributed by atoms with E-state index < -0.39 is 0 Å². The first-order chi connectivity index (χ1) is 15.0. The molecule has 0 fully saturated rings. The number of nitrogens with zero attached hydrogens (tertiary/aromatic N) is 3. The van der Waals surface area contributed by atoms with Crippen LogP contribution in [0.4, 0.5) is 5.13 Å². The number of amides is 1. The minimum Gasteiger partial charge on any atom is -0.308 e. The van der Waals surface area contributed by atoms with Gasteiger partial charge in [-0.25, -0.2) is 4.98 Å². The van der Waals surface area contributed by atoms with Gasteiger partial charge in [0.1, 0.15) is 0 Å². The third-order valence-corrected chi connectivity index (χ3v) is 6.57. The first-order valence-electron chi connectivity index (χ1n) is 10.1. The number of anilines is 1. The molecule has 0 aliphatic rings. The summed E-state index contributed by atoms with van der Waals surface area (Å²) < 4.78 is 2.07. The first-order valence-corrected chi connectivity index (χ1v) is 11.8. The van der Waals surface area contributed by atoms with Gasteiger partial charge >= 0.3 is 0 Å². The van der Waals surface area contributed by atoms with Crippen molar-refractivity contribution in [3.05, 3.63) is 94.0 Å². The molecular weight excluding hydrogens is 470 g/mol. The molecule has 0 aliphatic heterocycles. The molecule has 1 aromatic heterocycles.